The summed E-state index contributed by atoms with van der Waals surface area (Å²) in [5.41, 5.74) is 0. The molecule has 4 atom stereocenters. The van der Waals surface area contributed by atoms with Crippen molar-refractivity contribution >= 4 is 11.6 Å². The van der Waals surface area contributed by atoms with Crippen LogP contribution in [-0.2, 0) is 0 Å². The highest BCUT2D eigenvalue weighted by Gasteiger charge is 2.46. The molecule has 52 valence electrons. The second kappa shape index (κ2) is 1.86. The van der Waals surface area contributed by atoms with E-state index in [2.05, 4.69) is 0 Å². The fourth-order valence-corrected chi connectivity index (χ4v) is 2.73. The lowest BCUT2D eigenvalue weighted by molar-refractivity contribution is 0.114. The van der Waals surface area contributed by atoms with Crippen LogP contribution in [0.2, 0.25) is 0 Å². The van der Waals surface area contributed by atoms with E-state index in [0.29, 0.717) is 17.2 Å². The average Bonchev–Trinajstić information content (AvgIpc) is 2.25. The molecule has 1 nitrogen and oxygen atoms in total. The van der Waals surface area contributed by atoms with Crippen molar-refractivity contribution in [2.75, 3.05) is 0 Å². The molecule has 2 saturated carbocycles. The Balaban J connectivity index is 2.16. The second-order valence-electron chi connectivity index (χ2n) is 3.25. The Labute approximate surface area is 60.0 Å². The molecule has 2 rings (SSSR count). The van der Waals surface area contributed by atoms with Gasteiger partial charge in [-0.3, -0.25) is 0 Å². The van der Waals surface area contributed by atoms with Crippen molar-refractivity contribution in [1.29, 1.82) is 0 Å². The highest BCUT2D eigenvalue weighted by Crippen LogP contribution is 2.47. The molecule has 2 bridgehead atoms. The van der Waals surface area contributed by atoms with Gasteiger partial charge in [-0.1, -0.05) is 0 Å². The number of hydrogen-bond acceptors (Lipinski definition) is 1. The summed E-state index contributed by atoms with van der Waals surface area (Å²) in [7, 11) is 0. The van der Waals surface area contributed by atoms with Gasteiger partial charge in [-0.15, -0.1) is 11.6 Å². The second-order valence-corrected chi connectivity index (χ2v) is 3.75. The highest BCUT2D eigenvalue weighted by molar-refractivity contribution is 6.21. The van der Waals surface area contributed by atoms with Gasteiger partial charge in [-0.25, -0.2) is 0 Å². The Hall–Kier alpha value is 0.250. The maximum atomic E-state index is 9.31. The van der Waals surface area contributed by atoms with Crippen LogP contribution in [0.4, 0.5) is 0 Å². The molecule has 0 spiro atoms. The van der Waals surface area contributed by atoms with E-state index in [1.807, 2.05) is 0 Å². The summed E-state index contributed by atoms with van der Waals surface area (Å²) in [6.45, 7) is 0. The Morgan fingerprint density at radius 2 is 2.11 bits per heavy atom. The van der Waals surface area contributed by atoms with E-state index in [1.165, 1.54) is 6.42 Å². The van der Waals surface area contributed by atoms with Gasteiger partial charge in [0.15, 0.2) is 0 Å². The van der Waals surface area contributed by atoms with Crippen LogP contribution in [0.15, 0.2) is 0 Å². The van der Waals surface area contributed by atoms with Crippen LogP contribution in [0.25, 0.3) is 0 Å². The molecular formula is C7H11ClO. The molecule has 0 aliphatic heterocycles. The molecule has 9 heavy (non-hydrogen) atoms. The molecule has 0 radical (unpaired) electrons. The minimum atomic E-state index is -0.0775. The van der Waals surface area contributed by atoms with Crippen LogP contribution < -0.4 is 0 Å². The number of alkyl halides is 1. The molecule has 1 N–H and O–H groups in total. The van der Waals surface area contributed by atoms with Crippen LogP contribution in [-0.4, -0.2) is 16.6 Å². The van der Waals surface area contributed by atoms with Crippen molar-refractivity contribution in [3.8, 4) is 0 Å². The molecule has 0 aromatic carbocycles. The smallest absolute Gasteiger partial charge is 0.0585 e. The number of halogens is 1. The minimum Gasteiger partial charge on any atom is -0.393 e. The van der Waals surface area contributed by atoms with Gasteiger partial charge in [0.2, 0.25) is 0 Å². The maximum Gasteiger partial charge on any atom is 0.0585 e. The van der Waals surface area contributed by atoms with Gasteiger partial charge in [0.25, 0.3) is 0 Å². The van der Waals surface area contributed by atoms with Gasteiger partial charge in [-0.05, 0) is 25.2 Å². The van der Waals surface area contributed by atoms with Crippen molar-refractivity contribution < 1.29 is 5.11 Å². The molecule has 2 aliphatic rings. The first-order chi connectivity index (χ1) is 4.29. The summed E-state index contributed by atoms with van der Waals surface area (Å²) >= 11 is 6.01. The van der Waals surface area contributed by atoms with E-state index in [9.17, 15) is 5.11 Å². The third-order valence-electron chi connectivity index (χ3n) is 2.77. The third kappa shape index (κ3) is 0.714. The number of fused-ring (bicyclic) bond motifs is 2. The van der Waals surface area contributed by atoms with E-state index < -0.39 is 0 Å². The molecule has 2 aliphatic carbocycles. The van der Waals surface area contributed by atoms with Crippen molar-refractivity contribution in [2.24, 2.45) is 11.8 Å². The molecular weight excluding hydrogens is 136 g/mol. The first-order valence-corrected chi connectivity index (χ1v) is 4.05. The predicted octanol–water partition coefficient (Wildman–Crippen LogP) is 1.38. The summed E-state index contributed by atoms with van der Waals surface area (Å²) in [4.78, 5) is 0. The summed E-state index contributed by atoms with van der Waals surface area (Å²) in [5, 5.41) is 9.60. The Kier molecular flexibility index (Phi) is 1.24. The minimum absolute atomic E-state index is 0.0775. The number of rotatable bonds is 0. The monoisotopic (exact) mass is 146 g/mol. The molecule has 2 heteroatoms. The SMILES string of the molecule is OC1CC2CCC1C2Cl. The third-order valence-corrected chi connectivity index (χ3v) is 3.45. The van der Waals surface area contributed by atoms with Crippen LogP contribution in [0, 0.1) is 11.8 Å². The van der Waals surface area contributed by atoms with Gasteiger partial charge in [-0.2, -0.15) is 0 Å². The Bertz CT molecular complexity index is 126. The largest absolute Gasteiger partial charge is 0.393 e. The fraction of sp³-hybridized carbons (Fsp3) is 1.00. The van der Waals surface area contributed by atoms with Gasteiger partial charge in [0.05, 0.1) is 6.10 Å². The lowest BCUT2D eigenvalue weighted by Crippen LogP contribution is -2.16. The van der Waals surface area contributed by atoms with Crippen LogP contribution >= 0.6 is 11.6 Å². The zero-order valence-electron chi connectivity index (χ0n) is 5.26. The molecule has 0 amide bonds. The topological polar surface area (TPSA) is 20.2 Å². The standard InChI is InChI=1S/C7H11ClO/c8-7-4-1-2-5(7)6(9)3-4/h4-7,9H,1-3H2. The van der Waals surface area contributed by atoms with Gasteiger partial charge in [0, 0.05) is 11.3 Å². The summed E-state index contributed by atoms with van der Waals surface area (Å²) in [5.74, 6) is 1.06. The van der Waals surface area contributed by atoms with Crippen LogP contribution in [0.1, 0.15) is 19.3 Å². The zero-order valence-corrected chi connectivity index (χ0v) is 6.01. The number of aliphatic hydroxyl groups excluding tert-OH is 1. The Morgan fingerprint density at radius 1 is 1.33 bits per heavy atom. The number of hydrogen-bond donors (Lipinski definition) is 1. The molecule has 2 fully saturated rings. The van der Waals surface area contributed by atoms with Crippen molar-refractivity contribution in [3.05, 3.63) is 0 Å². The average molecular weight is 147 g/mol. The fourth-order valence-electron chi connectivity index (χ4n) is 2.21. The van der Waals surface area contributed by atoms with Gasteiger partial charge in [0.1, 0.15) is 0 Å². The normalized spacial score (nSPS) is 56.7. The van der Waals surface area contributed by atoms with Crippen molar-refractivity contribution in [2.45, 2.75) is 30.7 Å². The lowest BCUT2D eigenvalue weighted by atomic mass is 9.98. The van der Waals surface area contributed by atoms with Crippen LogP contribution in [0.5, 0.6) is 0 Å². The number of aliphatic hydroxyl groups is 1. The molecule has 0 heterocycles. The molecule has 0 aromatic heterocycles. The first-order valence-electron chi connectivity index (χ1n) is 3.61. The van der Waals surface area contributed by atoms with Crippen LogP contribution in [0.3, 0.4) is 0 Å². The lowest BCUT2D eigenvalue weighted by Gasteiger charge is -2.14. The molecule has 0 aromatic rings. The van der Waals surface area contributed by atoms with E-state index in [1.54, 1.807) is 0 Å². The van der Waals surface area contributed by atoms with Crippen molar-refractivity contribution in [3.63, 3.8) is 0 Å². The van der Waals surface area contributed by atoms with E-state index in [4.69, 9.17) is 11.6 Å². The van der Waals surface area contributed by atoms with E-state index >= 15 is 0 Å². The molecule has 4 unspecified atom stereocenters. The quantitative estimate of drug-likeness (QED) is 0.512. The van der Waals surface area contributed by atoms with E-state index in [0.717, 1.165) is 12.8 Å². The van der Waals surface area contributed by atoms with E-state index in [-0.39, 0.29) is 6.10 Å². The zero-order chi connectivity index (χ0) is 6.43. The molecule has 0 saturated heterocycles. The summed E-state index contributed by atoms with van der Waals surface area (Å²) < 4.78 is 0. The maximum absolute atomic E-state index is 9.31. The first kappa shape index (κ1) is 5.99. The summed E-state index contributed by atoms with van der Waals surface area (Å²) in [6, 6.07) is 0. The van der Waals surface area contributed by atoms with Gasteiger partial charge < -0.3 is 5.11 Å². The Morgan fingerprint density at radius 3 is 2.33 bits per heavy atom. The summed E-state index contributed by atoms with van der Waals surface area (Å²) in [6.07, 6.45) is 3.28. The van der Waals surface area contributed by atoms with Crippen molar-refractivity contribution in [1.82, 2.24) is 0 Å². The van der Waals surface area contributed by atoms with Gasteiger partial charge >= 0.3 is 0 Å². The predicted molar refractivity (Wildman–Crippen MR) is 36.5 cm³/mol. The highest BCUT2D eigenvalue weighted by atomic mass is 35.5.